The van der Waals surface area contributed by atoms with Crippen LogP contribution in [0.3, 0.4) is 0 Å². The molecule has 0 aliphatic carbocycles. The van der Waals surface area contributed by atoms with E-state index in [1.165, 1.54) is 5.32 Å². The first kappa shape index (κ1) is 13.1. The van der Waals surface area contributed by atoms with Gasteiger partial charge in [0.15, 0.2) is 23.3 Å². The van der Waals surface area contributed by atoms with Crippen molar-refractivity contribution in [3.8, 4) is 0 Å². The van der Waals surface area contributed by atoms with Gasteiger partial charge in [0.25, 0.3) is 5.91 Å². The molecule has 0 spiro atoms. The van der Waals surface area contributed by atoms with Crippen LogP contribution in [0.5, 0.6) is 0 Å². The monoisotopic (exact) mass is 253 g/mol. The SMILES string of the molecule is CC(=O)NC(=O)c1c(F)c(F)c(F)c(F)c1F. The van der Waals surface area contributed by atoms with Crippen molar-refractivity contribution in [2.24, 2.45) is 0 Å². The van der Waals surface area contributed by atoms with Crippen LogP contribution in [0.15, 0.2) is 0 Å². The van der Waals surface area contributed by atoms with Crippen LogP contribution in [-0.2, 0) is 4.79 Å². The molecule has 0 radical (unpaired) electrons. The number of halogens is 5. The molecule has 0 saturated heterocycles. The first-order valence-corrected chi connectivity index (χ1v) is 4.10. The van der Waals surface area contributed by atoms with Crippen molar-refractivity contribution in [1.82, 2.24) is 5.32 Å². The van der Waals surface area contributed by atoms with E-state index in [0.717, 1.165) is 6.92 Å². The van der Waals surface area contributed by atoms with E-state index in [1.807, 2.05) is 0 Å². The second-order valence-electron chi connectivity index (χ2n) is 2.96. The zero-order chi connectivity index (χ0) is 13.3. The number of nitrogens with one attached hydrogen (secondary N) is 1. The standard InChI is InChI=1S/C9H4F5NO2/c1-2(16)15-9(17)3-4(10)6(12)8(14)7(13)5(3)11/h1H3,(H,15,16,17). The van der Waals surface area contributed by atoms with Crippen molar-refractivity contribution < 1.29 is 31.5 Å². The highest BCUT2D eigenvalue weighted by molar-refractivity contribution is 6.04. The van der Waals surface area contributed by atoms with Gasteiger partial charge in [0.2, 0.25) is 11.7 Å². The van der Waals surface area contributed by atoms with Gasteiger partial charge in [-0.3, -0.25) is 14.9 Å². The highest BCUT2D eigenvalue weighted by Gasteiger charge is 2.29. The highest BCUT2D eigenvalue weighted by atomic mass is 19.2. The molecule has 0 saturated carbocycles. The zero-order valence-corrected chi connectivity index (χ0v) is 8.21. The van der Waals surface area contributed by atoms with Gasteiger partial charge in [0.1, 0.15) is 5.56 Å². The molecule has 0 aliphatic heterocycles. The van der Waals surface area contributed by atoms with Gasteiger partial charge in [-0.25, -0.2) is 22.0 Å². The molecule has 0 fully saturated rings. The second kappa shape index (κ2) is 4.48. The molecular weight excluding hydrogens is 249 g/mol. The lowest BCUT2D eigenvalue weighted by Gasteiger charge is -2.06. The number of amides is 2. The van der Waals surface area contributed by atoms with Crippen molar-refractivity contribution in [3.05, 3.63) is 34.6 Å². The molecule has 0 aliphatic rings. The summed E-state index contributed by atoms with van der Waals surface area (Å²) < 4.78 is 64.0. The minimum absolute atomic E-state index is 0.837. The van der Waals surface area contributed by atoms with Crippen molar-refractivity contribution in [3.63, 3.8) is 0 Å². The molecule has 0 atom stereocenters. The van der Waals surface area contributed by atoms with Crippen LogP contribution in [-0.4, -0.2) is 11.8 Å². The van der Waals surface area contributed by atoms with E-state index >= 15 is 0 Å². The van der Waals surface area contributed by atoms with E-state index in [9.17, 15) is 31.5 Å². The summed E-state index contributed by atoms with van der Waals surface area (Å²) in [6.45, 7) is 0.837. The quantitative estimate of drug-likeness (QED) is 0.470. The molecule has 17 heavy (non-hydrogen) atoms. The predicted octanol–water partition coefficient (Wildman–Crippen LogP) is 1.66. The van der Waals surface area contributed by atoms with Crippen LogP contribution < -0.4 is 5.32 Å². The Kier molecular flexibility index (Phi) is 3.45. The molecule has 3 nitrogen and oxygen atoms in total. The number of hydrogen-bond donors (Lipinski definition) is 1. The minimum atomic E-state index is -2.38. The van der Waals surface area contributed by atoms with Gasteiger partial charge in [-0.2, -0.15) is 0 Å². The van der Waals surface area contributed by atoms with E-state index in [0.29, 0.717) is 0 Å². The lowest BCUT2D eigenvalue weighted by Crippen LogP contribution is -2.30. The number of hydrogen-bond acceptors (Lipinski definition) is 2. The second-order valence-corrected chi connectivity index (χ2v) is 2.96. The summed E-state index contributed by atoms with van der Waals surface area (Å²) >= 11 is 0. The summed E-state index contributed by atoms with van der Waals surface area (Å²) in [6.07, 6.45) is 0. The molecule has 0 unspecified atom stereocenters. The Balaban J connectivity index is 3.44. The molecule has 92 valence electrons. The Morgan fingerprint density at radius 1 is 0.824 bits per heavy atom. The summed E-state index contributed by atoms with van der Waals surface area (Å²) in [4.78, 5) is 21.5. The lowest BCUT2D eigenvalue weighted by molar-refractivity contribution is -0.118. The van der Waals surface area contributed by atoms with Gasteiger partial charge in [0, 0.05) is 6.92 Å². The van der Waals surface area contributed by atoms with Gasteiger partial charge in [-0.1, -0.05) is 0 Å². The van der Waals surface area contributed by atoms with E-state index in [4.69, 9.17) is 0 Å². The number of carbonyl (C=O) groups is 2. The topological polar surface area (TPSA) is 46.2 Å². The number of carbonyl (C=O) groups excluding carboxylic acids is 2. The molecule has 1 aromatic carbocycles. The Morgan fingerprint density at radius 3 is 1.53 bits per heavy atom. The fourth-order valence-corrected chi connectivity index (χ4v) is 1.03. The third-order valence-corrected chi connectivity index (χ3v) is 1.73. The van der Waals surface area contributed by atoms with Gasteiger partial charge < -0.3 is 0 Å². The molecule has 1 rings (SSSR count). The van der Waals surface area contributed by atoms with Gasteiger partial charge in [0.05, 0.1) is 0 Å². The fourth-order valence-electron chi connectivity index (χ4n) is 1.03. The van der Waals surface area contributed by atoms with E-state index in [1.54, 1.807) is 0 Å². The third-order valence-electron chi connectivity index (χ3n) is 1.73. The van der Waals surface area contributed by atoms with Crippen LogP contribution in [0, 0.1) is 29.1 Å². The molecule has 0 heterocycles. The predicted molar refractivity (Wildman–Crippen MR) is 44.4 cm³/mol. The molecule has 2 amide bonds. The summed E-state index contributed by atoms with van der Waals surface area (Å²) in [6, 6.07) is 0. The summed E-state index contributed by atoms with van der Waals surface area (Å²) in [5.74, 6) is -14.2. The van der Waals surface area contributed by atoms with Gasteiger partial charge in [-0.15, -0.1) is 0 Å². The smallest absolute Gasteiger partial charge is 0.264 e. The first-order valence-electron chi connectivity index (χ1n) is 4.10. The van der Waals surface area contributed by atoms with Crippen molar-refractivity contribution in [1.29, 1.82) is 0 Å². The molecule has 8 heteroatoms. The summed E-state index contributed by atoms with van der Waals surface area (Å²) in [7, 11) is 0. The Labute approximate surface area is 91.2 Å². The maximum atomic E-state index is 13.0. The van der Waals surface area contributed by atoms with Crippen molar-refractivity contribution in [2.45, 2.75) is 6.92 Å². The third kappa shape index (κ3) is 2.24. The maximum absolute atomic E-state index is 13.0. The molecule has 1 N–H and O–H groups in total. The summed E-state index contributed by atoms with van der Waals surface area (Å²) in [5, 5.41) is 1.40. The normalized spacial score (nSPS) is 10.2. The van der Waals surface area contributed by atoms with Gasteiger partial charge in [-0.05, 0) is 0 Å². The summed E-state index contributed by atoms with van der Waals surface area (Å²) in [5.41, 5.74) is -1.70. The lowest BCUT2D eigenvalue weighted by atomic mass is 10.1. The van der Waals surface area contributed by atoms with E-state index < -0.39 is 46.5 Å². The highest BCUT2D eigenvalue weighted by Crippen LogP contribution is 2.22. The number of rotatable bonds is 1. The van der Waals surface area contributed by atoms with Crippen LogP contribution in [0.4, 0.5) is 22.0 Å². The average Bonchev–Trinajstić information content (AvgIpc) is 2.23. The van der Waals surface area contributed by atoms with Crippen LogP contribution in [0.1, 0.15) is 17.3 Å². The minimum Gasteiger partial charge on any atom is -0.292 e. The zero-order valence-electron chi connectivity index (χ0n) is 8.21. The Morgan fingerprint density at radius 2 is 1.18 bits per heavy atom. The number of imide groups is 1. The Bertz CT molecular complexity index is 486. The average molecular weight is 253 g/mol. The Hall–Kier alpha value is -1.99. The van der Waals surface area contributed by atoms with E-state index in [-0.39, 0.29) is 0 Å². The fraction of sp³-hybridized carbons (Fsp3) is 0.111. The van der Waals surface area contributed by atoms with Crippen LogP contribution in [0.2, 0.25) is 0 Å². The van der Waals surface area contributed by atoms with Crippen molar-refractivity contribution in [2.75, 3.05) is 0 Å². The molecule has 1 aromatic rings. The van der Waals surface area contributed by atoms with Crippen LogP contribution in [0.25, 0.3) is 0 Å². The van der Waals surface area contributed by atoms with Gasteiger partial charge >= 0.3 is 0 Å². The van der Waals surface area contributed by atoms with Crippen LogP contribution >= 0.6 is 0 Å². The first-order chi connectivity index (χ1) is 7.77. The maximum Gasteiger partial charge on any atom is 0.264 e. The van der Waals surface area contributed by atoms with Crippen molar-refractivity contribution >= 4 is 11.8 Å². The largest absolute Gasteiger partial charge is 0.292 e. The molecular formula is C9H4F5NO2. The van der Waals surface area contributed by atoms with E-state index in [2.05, 4.69) is 0 Å². The number of benzene rings is 1. The molecule has 0 bridgehead atoms. The molecule has 0 aromatic heterocycles.